The van der Waals surface area contributed by atoms with Crippen LogP contribution in [0.25, 0.3) is 0 Å². The third-order valence-corrected chi connectivity index (χ3v) is 19.2. The first-order valence-electron chi connectivity index (χ1n) is 28.3. The number of amides is 5. The summed E-state index contributed by atoms with van der Waals surface area (Å²) in [6, 6.07) is 31.6. The molecule has 14 rings (SSSR count). The molecule has 0 unspecified atom stereocenters. The van der Waals surface area contributed by atoms with Crippen LogP contribution >= 0.6 is 12.4 Å². The molecule has 4 bridgehead atoms. The number of anilines is 2. The van der Waals surface area contributed by atoms with Crippen LogP contribution in [0, 0.1) is 46.1 Å². The van der Waals surface area contributed by atoms with E-state index < -0.39 is 24.6 Å². The molecule has 0 radical (unpaired) electrons. The van der Waals surface area contributed by atoms with Crippen molar-refractivity contribution < 1.29 is 51.7 Å². The summed E-state index contributed by atoms with van der Waals surface area (Å²) in [6.45, 7) is 16.7. The van der Waals surface area contributed by atoms with Gasteiger partial charge in [-0.05, 0) is 147 Å². The van der Waals surface area contributed by atoms with E-state index in [0.717, 1.165) is 47.7 Å². The Balaban J connectivity index is 0.000000160. The Bertz CT molecular complexity index is 2830. The molecule has 10 aliphatic rings. The molecule has 5 amide bonds. The van der Waals surface area contributed by atoms with Crippen LogP contribution in [0.15, 0.2) is 109 Å². The summed E-state index contributed by atoms with van der Waals surface area (Å²) in [7, 11) is -0.962. The summed E-state index contributed by atoms with van der Waals surface area (Å²) >= 11 is 0. The number of carbonyl (C=O) groups is 4. The number of nitrogens with one attached hydrogen (secondary N) is 1. The van der Waals surface area contributed by atoms with Crippen molar-refractivity contribution in [2.24, 2.45) is 40.2 Å². The molecule has 20 heteroatoms. The number of nitrogens with two attached hydrogens (primary N) is 1. The maximum absolute atomic E-state index is 13.6. The Morgan fingerprint density at radius 2 is 1.05 bits per heavy atom. The predicted molar refractivity (Wildman–Crippen MR) is 306 cm³/mol. The minimum absolute atomic E-state index is 0. The fourth-order valence-electron chi connectivity index (χ4n) is 14.3. The van der Waals surface area contributed by atoms with Gasteiger partial charge in [-0.1, -0.05) is 88.4 Å². The van der Waals surface area contributed by atoms with Crippen molar-refractivity contribution in [2.75, 3.05) is 49.1 Å². The molecular formula is C60H77B2ClF2N6O9. The second kappa shape index (κ2) is 23.7. The molecule has 4 aromatic carbocycles. The fourth-order valence-corrected chi connectivity index (χ4v) is 14.3. The molecule has 6 saturated carbocycles. The zero-order valence-electron chi connectivity index (χ0n) is 46.8. The normalized spacial score (nSPS) is 28.9. The summed E-state index contributed by atoms with van der Waals surface area (Å²) in [4.78, 5) is 55.3. The van der Waals surface area contributed by atoms with Crippen LogP contribution < -0.4 is 20.9 Å². The van der Waals surface area contributed by atoms with Crippen LogP contribution in [-0.2, 0) is 41.0 Å². The van der Waals surface area contributed by atoms with Gasteiger partial charge in [-0.15, -0.1) is 12.4 Å². The number of aliphatic carboxylic acids is 1. The molecule has 10 atom stereocenters. The van der Waals surface area contributed by atoms with Crippen molar-refractivity contribution in [2.45, 2.75) is 128 Å². The van der Waals surface area contributed by atoms with E-state index in [1.54, 1.807) is 43.9 Å². The van der Waals surface area contributed by atoms with E-state index in [1.807, 2.05) is 60.7 Å². The average Bonchev–Trinajstić information content (AvgIpc) is 4.31. The first-order chi connectivity index (χ1) is 37.6. The standard InChI is InChI=1S/C30H37BFN3O4.C18H25BFNO2.C12H14N2O3.ClH/c1-29(2)21-18-24(29)30(3)25(19-21)38-31(39-30)26(17-20-9-11-22(32)12-10-20)33-27(36)13-14-34-15-16-35(28(34)37)23-7-5-4-6-8-23;1-17(2)12-9-14(17)18(3)15(10-12)22-19(23-18)16(21)8-11-4-6-13(20)7-5-11;15-11(16)6-7-13-8-9-14(12(13)17)10-4-2-1-3-5-10;/h4-12,21,24-26H,13-19H2,1-3H3,(H,33,36);4-7,12,14-16H,8-10,21H2,1-3H3;1-5H,6-9H2,(H,15,16);1H/t21-,24-,25+,26-,30-;12-,14-,15+,16-,18-;;/m00../s1. The molecule has 6 aliphatic carbocycles. The number of rotatable bonds is 15. The van der Waals surface area contributed by atoms with Crippen LogP contribution in [0.2, 0.25) is 0 Å². The number of urea groups is 2. The lowest BCUT2D eigenvalue weighted by molar-refractivity contribution is -0.199. The number of hydrogen-bond donors (Lipinski definition) is 3. The first kappa shape index (κ1) is 59.1. The zero-order chi connectivity index (χ0) is 56.0. The second-order valence-electron chi connectivity index (χ2n) is 24.6. The second-order valence-corrected chi connectivity index (χ2v) is 24.6. The van der Waals surface area contributed by atoms with E-state index in [-0.39, 0.29) is 97.7 Å². The molecular weight excluding hydrogens is 1040 g/mol. The molecule has 4 N–H and O–H groups in total. The Morgan fingerprint density at radius 1 is 0.625 bits per heavy atom. The van der Waals surface area contributed by atoms with Crippen molar-refractivity contribution in [3.8, 4) is 0 Å². The quantitative estimate of drug-likeness (QED) is 0.0974. The number of carboxylic acids is 1. The number of carbonyl (C=O) groups excluding carboxylic acids is 3. The number of carboxylic acid groups (broad SMARTS) is 1. The smallest absolute Gasteiger partial charge is 0.481 e. The van der Waals surface area contributed by atoms with Gasteiger partial charge in [0.25, 0.3) is 0 Å². The van der Waals surface area contributed by atoms with Gasteiger partial charge in [0.05, 0.1) is 35.8 Å². The van der Waals surface area contributed by atoms with Crippen LogP contribution in [0.3, 0.4) is 0 Å². The molecule has 0 aromatic heterocycles. The molecule has 4 aromatic rings. The number of nitrogens with zero attached hydrogens (tertiary/aromatic N) is 4. The monoisotopic (exact) mass is 1120 g/mol. The van der Waals surface area contributed by atoms with Gasteiger partial charge < -0.3 is 44.6 Å². The van der Waals surface area contributed by atoms with Crippen LogP contribution in [0.4, 0.5) is 29.7 Å². The molecule has 4 aliphatic heterocycles. The van der Waals surface area contributed by atoms with Crippen LogP contribution in [0.5, 0.6) is 0 Å². The Labute approximate surface area is 476 Å². The van der Waals surface area contributed by atoms with Crippen LogP contribution in [0.1, 0.15) is 91.2 Å². The van der Waals surface area contributed by atoms with Gasteiger partial charge in [0.15, 0.2) is 0 Å². The highest BCUT2D eigenvalue weighted by Crippen LogP contribution is 2.67. The topological polar surface area (TPSA) is 176 Å². The highest BCUT2D eigenvalue weighted by Gasteiger charge is 2.70. The third-order valence-electron chi connectivity index (χ3n) is 19.2. The van der Waals surface area contributed by atoms with Gasteiger partial charge in [0.1, 0.15) is 11.6 Å². The number of para-hydroxylation sites is 2. The average molecular weight is 1120 g/mol. The van der Waals surface area contributed by atoms with Gasteiger partial charge in [-0.25, -0.2) is 18.4 Å². The van der Waals surface area contributed by atoms with E-state index in [4.69, 9.17) is 29.5 Å². The molecule has 428 valence electrons. The van der Waals surface area contributed by atoms with Crippen molar-refractivity contribution in [1.29, 1.82) is 0 Å². The van der Waals surface area contributed by atoms with Gasteiger partial charge in [-0.2, -0.15) is 0 Å². The highest BCUT2D eigenvalue weighted by atomic mass is 35.5. The van der Waals surface area contributed by atoms with Crippen molar-refractivity contribution in [3.63, 3.8) is 0 Å². The molecule has 10 fully saturated rings. The lowest BCUT2D eigenvalue weighted by atomic mass is 9.43. The Hall–Kier alpha value is -5.56. The SMILES string of the molecule is CC1(C)[C@@H]2C[C@H]3OB([C@@H](N)Cc4ccc(F)cc4)O[C@@]3(C)[C@H]1C2.CC1(C)[C@@H]2C[C@H]3OB([C@H](Cc4ccc(F)cc4)NC(=O)CCN4CCN(c5ccccc5)C4=O)O[C@@]3(C)[C@H]1C2.Cl.O=C(O)CCN1CCN(c2ccccc2)C1=O. The Kier molecular flexibility index (Phi) is 17.5. The highest BCUT2D eigenvalue weighted by molar-refractivity contribution is 6.48. The summed E-state index contributed by atoms with van der Waals surface area (Å²) in [5.74, 6) is 0.0911. The van der Waals surface area contributed by atoms with E-state index in [0.29, 0.717) is 68.7 Å². The fraction of sp³-hybridized carbons (Fsp3) is 0.533. The van der Waals surface area contributed by atoms with Crippen LogP contribution in [-0.4, -0.2) is 128 Å². The lowest BCUT2D eigenvalue weighted by Crippen LogP contribution is -2.65. The maximum atomic E-state index is 13.6. The number of hydrogen-bond acceptors (Lipinski definition) is 9. The van der Waals surface area contributed by atoms with Gasteiger partial charge >= 0.3 is 32.3 Å². The third kappa shape index (κ3) is 11.9. The number of benzene rings is 4. The summed E-state index contributed by atoms with van der Waals surface area (Å²) in [5.41, 5.74) is 9.91. The predicted octanol–water partition coefficient (Wildman–Crippen LogP) is 9.24. The number of halogens is 3. The van der Waals surface area contributed by atoms with Crippen molar-refractivity contribution in [3.05, 3.63) is 132 Å². The largest absolute Gasteiger partial charge is 0.482 e. The zero-order valence-corrected chi connectivity index (χ0v) is 47.6. The molecule has 15 nitrogen and oxygen atoms in total. The Morgan fingerprint density at radius 3 is 1.50 bits per heavy atom. The van der Waals surface area contributed by atoms with Crippen molar-refractivity contribution >= 4 is 62.0 Å². The van der Waals surface area contributed by atoms with E-state index >= 15 is 0 Å². The van der Waals surface area contributed by atoms with Gasteiger partial charge in [0.2, 0.25) is 5.91 Å². The van der Waals surface area contributed by atoms with E-state index in [9.17, 15) is 28.0 Å². The molecule has 4 heterocycles. The van der Waals surface area contributed by atoms with E-state index in [1.165, 1.54) is 30.7 Å². The summed E-state index contributed by atoms with van der Waals surface area (Å²) in [5, 5.41) is 11.7. The summed E-state index contributed by atoms with van der Waals surface area (Å²) in [6.07, 6.45) is 5.84. The molecule has 4 saturated heterocycles. The van der Waals surface area contributed by atoms with Gasteiger partial charge in [0, 0.05) is 63.0 Å². The minimum atomic E-state index is -0.879. The molecule has 0 spiro atoms. The van der Waals surface area contributed by atoms with Crippen molar-refractivity contribution in [1.82, 2.24) is 15.1 Å². The minimum Gasteiger partial charge on any atom is -0.481 e. The summed E-state index contributed by atoms with van der Waals surface area (Å²) < 4.78 is 52.3. The lowest BCUT2D eigenvalue weighted by Gasteiger charge is -2.64. The maximum Gasteiger partial charge on any atom is 0.482 e. The van der Waals surface area contributed by atoms with Gasteiger partial charge in [-0.3, -0.25) is 19.4 Å². The van der Waals surface area contributed by atoms with E-state index in [2.05, 4.69) is 46.9 Å². The molecule has 80 heavy (non-hydrogen) atoms. The first-order valence-corrected chi connectivity index (χ1v) is 28.3.